The molecule has 0 spiro atoms. The van der Waals surface area contributed by atoms with Crippen LogP contribution in [0.3, 0.4) is 0 Å². The van der Waals surface area contributed by atoms with Crippen LogP contribution in [0.4, 0.5) is 0 Å². The Kier molecular flexibility index (Phi) is 1.52. The van der Waals surface area contributed by atoms with Gasteiger partial charge < -0.3 is 4.98 Å². The highest BCUT2D eigenvalue weighted by Crippen LogP contribution is 2.28. The number of aromatic amines is 1. The van der Waals surface area contributed by atoms with Crippen molar-refractivity contribution in [3.63, 3.8) is 0 Å². The average molecular weight is 224 g/mol. The molecule has 0 saturated carbocycles. The van der Waals surface area contributed by atoms with E-state index >= 15 is 0 Å². The third-order valence-corrected chi connectivity index (χ3v) is 3.89. The number of benzene rings is 1. The van der Waals surface area contributed by atoms with E-state index in [0.29, 0.717) is 0 Å². The lowest BCUT2D eigenvalue weighted by molar-refractivity contribution is 1.45. The summed E-state index contributed by atoms with van der Waals surface area (Å²) >= 11 is 8.33. The van der Waals surface area contributed by atoms with Gasteiger partial charge in [-0.2, -0.15) is 0 Å². The molecule has 0 atom stereocenters. The lowest BCUT2D eigenvalue weighted by atomic mass is 10.3. The van der Waals surface area contributed by atoms with E-state index in [-0.39, 0.29) is 0 Å². The highest BCUT2D eigenvalue weighted by molar-refractivity contribution is 7.73. The van der Waals surface area contributed by atoms with Crippen LogP contribution < -0.4 is 0 Å². The number of nitrogens with zero attached hydrogens (tertiary/aromatic N) is 1. The monoisotopic (exact) mass is 224 g/mol. The number of rotatable bonds is 0. The summed E-state index contributed by atoms with van der Waals surface area (Å²) < 4.78 is 3.20. The van der Waals surface area contributed by atoms with Crippen molar-refractivity contribution in [1.82, 2.24) is 9.97 Å². The van der Waals surface area contributed by atoms with Gasteiger partial charge in [0, 0.05) is 0 Å². The number of H-pyrrole nitrogens is 1. The summed E-state index contributed by atoms with van der Waals surface area (Å²) in [6.45, 7) is 0. The molecule has 0 amide bonds. The molecule has 64 valence electrons. The zero-order chi connectivity index (χ0) is 8.84. The molecule has 2 aromatic heterocycles. The van der Waals surface area contributed by atoms with E-state index in [2.05, 4.69) is 22.1 Å². The molecular formula is C8H4N2S3. The molecule has 0 aliphatic heterocycles. The Hall–Kier alpha value is -0.780. The standard InChI is InChI=1S/C8H4N2S3/c11-8-10-7-5(13-8)2-1-4-6(7)9-3-12-4/h1-3H,(H,10,11). The minimum absolute atomic E-state index is 0.815. The quantitative estimate of drug-likeness (QED) is 0.591. The van der Waals surface area contributed by atoms with Crippen molar-refractivity contribution < 1.29 is 0 Å². The van der Waals surface area contributed by atoms with Crippen molar-refractivity contribution in [2.24, 2.45) is 0 Å². The van der Waals surface area contributed by atoms with Crippen molar-refractivity contribution in [2.75, 3.05) is 0 Å². The molecule has 0 bridgehead atoms. The summed E-state index contributed by atoms with van der Waals surface area (Å²) in [6, 6.07) is 4.18. The van der Waals surface area contributed by atoms with E-state index in [1.165, 1.54) is 9.40 Å². The van der Waals surface area contributed by atoms with Crippen molar-refractivity contribution in [3.8, 4) is 0 Å². The van der Waals surface area contributed by atoms with Crippen LogP contribution in [0.25, 0.3) is 20.4 Å². The Morgan fingerprint density at radius 2 is 2.15 bits per heavy atom. The number of nitrogens with one attached hydrogen (secondary N) is 1. The molecule has 2 nitrogen and oxygen atoms in total. The molecule has 3 aromatic rings. The summed E-state index contributed by atoms with van der Waals surface area (Å²) in [4.78, 5) is 7.47. The Bertz CT molecular complexity index is 631. The molecule has 0 fully saturated rings. The Morgan fingerprint density at radius 1 is 1.31 bits per heavy atom. The van der Waals surface area contributed by atoms with Gasteiger partial charge in [-0.15, -0.1) is 22.7 Å². The zero-order valence-electron chi connectivity index (χ0n) is 6.40. The fourth-order valence-corrected chi connectivity index (χ4v) is 3.14. The molecule has 0 saturated heterocycles. The van der Waals surface area contributed by atoms with Crippen molar-refractivity contribution >= 4 is 55.3 Å². The normalized spacial score (nSPS) is 11.4. The first-order chi connectivity index (χ1) is 6.34. The summed E-state index contributed by atoms with van der Waals surface area (Å²) in [5, 5.41) is 0. The van der Waals surface area contributed by atoms with Gasteiger partial charge in [0.15, 0.2) is 3.95 Å². The van der Waals surface area contributed by atoms with E-state index in [1.54, 1.807) is 22.7 Å². The van der Waals surface area contributed by atoms with Crippen LogP contribution in [-0.2, 0) is 0 Å². The molecule has 1 N–H and O–H groups in total. The first-order valence-electron chi connectivity index (χ1n) is 3.69. The minimum atomic E-state index is 0.815. The number of fused-ring (bicyclic) bond motifs is 3. The maximum absolute atomic E-state index is 5.09. The van der Waals surface area contributed by atoms with Crippen molar-refractivity contribution in [3.05, 3.63) is 21.6 Å². The van der Waals surface area contributed by atoms with E-state index in [0.717, 1.165) is 15.0 Å². The molecule has 0 aliphatic carbocycles. The van der Waals surface area contributed by atoms with Gasteiger partial charge in [0.1, 0.15) is 5.52 Å². The van der Waals surface area contributed by atoms with Gasteiger partial charge in [-0.05, 0) is 24.4 Å². The largest absolute Gasteiger partial charge is 0.335 e. The molecule has 13 heavy (non-hydrogen) atoms. The Morgan fingerprint density at radius 3 is 3.08 bits per heavy atom. The summed E-state index contributed by atoms with van der Waals surface area (Å²) in [5.41, 5.74) is 3.97. The average Bonchev–Trinajstić information content (AvgIpc) is 2.65. The van der Waals surface area contributed by atoms with Crippen LogP contribution in [0.5, 0.6) is 0 Å². The minimum Gasteiger partial charge on any atom is -0.335 e. The van der Waals surface area contributed by atoms with Gasteiger partial charge in [0.05, 0.1) is 20.4 Å². The third-order valence-electron chi connectivity index (χ3n) is 1.89. The highest BCUT2D eigenvalue weighted by Gasteiger charge is 2.04. The lowest BCUT2D eigenvalue weighted by Crippen LogP contribution is -1.70. The highest BCUT2D eigenvalue weighted by atomic mass is 32.1. The molecule has 0 aliphatic rings. The summed E-state index contributed by atoms with van der Waals surface area (Å²) in [5.74, 6) is 0. The van der Waals surface area contributed by atoms with Gasteiger partial charge in [-0.3, -0.25) is 0 Å². The molecule has 0 radical (unpaired) electrons. The van der Waals surface area contributed by atoms with E-state index in [4.69, 9.17) is 12.2 Å². The Balaban J connectivity index is 2.71. The number of hydrogen-bond donors (Lipinski definition) is 1. The summed E-state index contributed by atoms with van der Waals surface area (Å²) in [7, 11) is 0. The van der Waals surface area contributed by atoms with Gasteiger partial charge in [0.2, 0.25) is 0 Å². The van der Waals surface area contributed by atoms with Crippen LogP contribution in [0.2, 0.25) is 0 Å². The van der Waals surface area contributed by atoms with E-state index < -0.39 is 0 Å². The topological polar surface area (TPSA) is 28.7 Å². The van der Waals surface area contributed by atoms with Gasteiger partial charge in [-0.1, -0.05) is 0 Å². The van der Waals surface area contributed by atoms with Crippen LogP contribution in [0, 0.1) is 3.95 Å². The van der Waals surface area contributed by atoms with Gasteiger partial charge in [0.25, 0.3) is 0 Å². The predicted octanol–water partition coefficient (Wildman–Crippen LogP) is 3.57. The van der Waals surface area contributed by atoms with Crippen LogP contribution >= 0.6 is 34.9 Å². The smallest absolute Gasteiger partial charge is 0.159 e. The molecule has 2 heterocycles. The second-order valence-electron chi connectivity index (χ2n) is 2.65. The van der Waals surface area contributed by atoms with Gasteiger partial charge in [-0.25, -0.2) is 4.98 Å². The number of hydrogen-bond acceptors (Lipinski definition) is 4. The van der Waals surface area contributed by atoms with E-state index in [1.807, 2.05) is 5.51 Å². The maximum Gasteiger partial charge on any atom is 0.159 e. The first-order valence-corrected chi connectivity index (χ1v) is 5.80. The van der Waals surface area contributed by atoms with Crippen LogP contribution in [-0.4, -0.2) is 9.97 Å². The molecule has 5 heteroatoms. The molecule has 1 aromatic carbocycles. The van der Waals surface area contributed by atoms with Crippen LogP contribution in [0.15, 0.2) is 17.6 Å². The van der Waals surface area contributed by atoms with Crippen molar-refractivity contribution in [2.45, 2.75) is 0 Å². The first kappa shape index (κ1) is 7.61. The summed E-state index contributed by atoms with van der Waals surface area (Å²) in [6.07, 6.45) is 0. The second-order valence-corrected chi connectivity index (χ2v) is 5.26. The maximum atomic E-state index is 5.09. The Labute approximate surface area is 86.9 Å². The fraction of sp³-hybridized carbons (Fsp3) is 0. The molecular weight excluding hydrogens is 220 g/mol. The second kappa shape index (κ2) is 2.60. The zero-order valence-corrected chi connectivity index (χ0v) is 8.85. The number of thiazole rings is 2. The van der Waals surface area contributed by atoms with Crippen molar-refractivity contribution in [1.29, 1.82) is 0 Å². The third kappa shape index (κ3) is 1.04. The van der Waals surface area contributed by atoms with E-state index in [9.17, 15) is 0 Å². The molecule has 0 unspecified atom stereocenters. The van der Waals surface area contributed by atoms with Gasteiger partial charge >= 0.3 is 0 Å². The predicted molar refractivity (Wildman–Crippen MR) is 60.2 cm³/mol. The van der Waals surface area contributed by atoms with Crippen LogP contribution in [0.1, 0.15) is 0 Å². The molecule has 3 rings (SSSR count). The lowest BCUT2D eigenvalue weighted by Gasteiger charge is -1.88. The fourth-order valence-electron chi connectivity index (χ4n) is 1.35. The number of aromatic nitrogens is 2. The SMILES string of the molecule is S=c1[nH]c2c(ccc3scnc32)s1.